The van der Waals surface area contributed by atoms with Gasteiger partial charge in [0.2, 0.25) is 0 Å². The van der Waals surface area contributed by atoms with Crippen LogP contribution in [-0.2, 0) is 19.1 Å². The van der Waals surface area contributed by atoms with E-state index in [9.17, 15) is 24.3 Å². The van der Waals surface area contributed by atoms with E-state index in [0.717, 1.165) is 4.47 Å². The van der Waals surface area contributed by atoms with Gasteiger partial charge in [0, 0.05) is 21.3 Å². The van der Waals surface area contributed by atoms with Crippen LogP contribution in [0.3, 0.4) is 0 Å². The molecule has 2 aliphatic rings. The molecule has 0 amide bonds. The van der Waals surface area contributed by atoms with Gasteiger partial charge >= 0.3 is 11.9 Å². The van der Waals surface area contributed by atoms with Crippen LogP contribution in [0.2, 0.25) is 0 Å². The normalized spacial score (nSPS) is 25.7. The minimum absolute atomic E-state index is 0.104. The summed E-state index contributed by atoms with van der Waals surface area (Å²) in [5, 5.41) is 9.82. The van der Waals surface area contributed by atoms with Crippen molar-refractivity contribution in [2.45, 2.75) is 32.9 Å². The largest absolute Gasteiger partial charge is 0.481 e. The monoisotopic (exact) mass is 475 g/mol. The molecule has 4 unspecified atom stereocenters. The van der Waals surface area contributed by atoms with Crippen LogP contribution in [-0.4, -0.2) is 52.2 Å². The van der Waals surface area contributed by atoms with Crippen LogP contribution >= 0.6 is 15.9 Å². The first-order valence-electron chi connectivity index (χ1n) is 9.56. The van der Waals surface area contributed by atoms with Crippen LogP contribution < -0.4 is 0 Å². The molecule has 2 heterocycles. The van der Waals surface area contributed by atoms with Crippen molar-refractivity contribution in [1.82, 2.24) is 4.90 Å². The summed E-state index contributed by atoms with van der Waals surface area (Å²) in [4.78, 5) is 51.8. The number of fused-ring (bicyclic) bond motifs is 2. The molecule has 8 heteroatoms. The first-order chi connectivity index (χ1) is 14.2. The number of ether oxygens (including phenoxy) is 1. The van der Waals surface area contributed by atoms with Gasteiger partial charge in [0.05, 0.1) is 18.6 Å². The van der Waals surface area contributed by atoms with Crippen molar-refractivity contribution in [3.05, 3.63) is 57.7 Å². The van der Waals surface area contributed by atoms with E-state index < -0.39 is 41.6 Å². The van der Waals surface area contributed by atoms with E-state index >= 15 is 0 Å². The molecule has 0 spiro atoms. The molecule has 1 aromatic rings. The highest BCUT2D eigenvalue weighted by molar-refractivity contribution is 9.10. The number of esters is 1. The lowest BCUT2D eigenvalue weighted by Gasteiger charge is -2.35. The average molecular weight is 476 g/mol. The number of aliphatic carboxylic acids is 1. The molecular weight excluding hydrogens is 454 g/mol. The highest BCUT2D eigenvalue weighted by Gasteiger charge is 2.59. The van der Waals surface area contributed by atoms with Crippen molar-refractivity contribution in [3.63, 3.8) is 0 Å². The predicted molar refractivity (Wildman–Crippen MR) is 112 cm³/mol. The van der Waals surface area contributed by atoms with E-state index in [1.54, 1.807) is 49.9 Å². The fourth-order valence-corrected chi connectivity index (χ4v) is 4.44. The lowest BCUT2D eigenvalue weighted by Crippen LogP contribution is -2.45. The minimum atomic E-state index is -1.26. The first-order valence-corrected chi connectivity index (χ1v) is 10.4. The zero-order valence-electron chi connectivity index (χ0n) is 16.8. The quantitative estimate of drug-likeness (QED) is 0.383. The van der Waals surface area contributed by atoms with Crippen LogP contribution in [0.1, 0.15) is 31.1 Å². The van der Waals surface area contributed by atoms with E-state index in [4.69, 9.17) is 4.74 Å². The summed E-state index contributed by atoms with van der Waals surface area (Å²) < 4.78 is 5.94. The van der Waals surface area contributed by atoms with Crippen LogP contribution in [0.5, 0.6) is 0 Å². The number of carboxylic acid groups (broad SMARTS) is 1. The standard InChI is InChI=1S/C22H22BrNO6/c1-4-30-22(29)17-15-9-10-16(25)19(18(17)21(27)28)24(15)12(3)11(2)20(26)13-5-7-14(23)8-6-13/h5-10,15,17-19H,4H2,1-3H3,(H,27,28). The van der Waals surface area contributed by atoms with Crippen molar-refractivity contribution in [2.75, 3.05) is 6.61 Å². The Balaban J connectivity index is 2.06. The first kappa shape index (κ1) is 22.0. The number of allylic oxidation sites excluding steroid dienone is 2. The third-order valence-electron chi connectivity index (χ3n) is 5.69. The van der Waals surface area contributed by atoms with Crippen LogP contribution in [0.15, 0.2) is 52.2 Å². The molecular formula is C22H22BrNO6. The van der Waals surface area contributed by atoms with Crippen LogP contribution in [0, 0.1) is 11.8 Å². The van der Waals surface area contributed by atoms with E-state index in [-0.39, 0.29) is 12.4 Å². The van der Waals surface area contributed by atoms with Gasteiger partial charge < -0.3 is 14.7 Å². The molecule has 0 radical (unpaired) electrons. The number of ketones is 2. The number of carboxylic acids is 1. The number of benzene rings is 1. The summed E-state index contributed by atoms with van der Waals surface area (Å²) in [5.74, 6) is -4.85. The maximum absolute atomic E-state index is 13.0. The Bertz CT molecular complexity index is 964. The summed E-state index contributed by atoms with van der Waals surface area (Å²) in [6.45, 7) is 5.05. The second-order valence-corrected chi connectivity index (χ2v) is 8.21. The molecule has 1 N–H and O–H groups in total. The van der Waals surface area contributed by atoms with Gasteiger partial charge in [0.25, 0.3) is 0 Å². The molecule has 2 aliphatic heterocycles. The van der Waals surface area contributed by atoms with E-state index in [1.165, 1.54) is 12.2 Å². The molecule has 158 valence electrons. The Labute approximate surface area is 182 Å². The van der Waals surface area contributed by atoms with Gasteiger partial charge in [0.15, 0.2) is 11.6 Å². The Morgan fingerprint density at radius 1 is 1.13 bits per heavy atom. The molecule has 4 atom stereocenters. The molecule has 0 saturated carbocycles. The van der Waals surface area contributed by atoms with Gasteiger partial charge in [-0.2, -0.15) is 0 Å². The molecule has 2 bridgehead atoms. The van der Waals surface area contributed by atoms with E-state index in [2.05, 4.69) is 15.9 Å². The average Bonchev–Trinajstić information content (AvgIpc) is 2.98. The fourth-order valence-electron chi connectivity index (χ4n) is 4.18. The summed E-state index contributed by atoms with van der Waals surface area (Å²) >= 11 is 3.33. The minimum Gasteiger partial charge on any atom is -0.481 e. The molecule has 0 aromatic heterocycles. The molecule has 1 aromatic carbocycles. The molecule has 1 saturated heterocycles. The van der Waals surface area contributed by atoms with Crippen LogP contribution in [0.4, 0.5) is 0 Å². The van der Waals surface area contributed by atoms with Crippen molar-refractivity contribution < 1.29 is 29.0 Å². The van der Waals surface area contributed by atoms with Gasteiger partial charge in [0.1, 0.15) is 12.0 Å². The Morgan fingerprint density at radius 2 is 1.77 bits per heavy atom. The number of carbonyl (C=O) groups is 4. The summed E-state index contributed by atoms with van der Waals surface area (Å²) in [6.07, 6.45) is 2.85. The number of rotatable bonds is 6. The third-order valence-corrected chi connectivity index (χ3v) is 6.21. The lowest BCUT2D eigenvalue weighted by atomic mass is 9.87. The third kappa shape index (κ3) is 3.71. The summed E-state index contributed by atoms with van der Waals surface area (Å²) in [6, 6.07) is 5.12. The fraction of sp³-hybridized carbons (Fsp3) is 0.364. The van der Waals surface area contributed by atoms with Gasteiger partial charge in [-0.3, -0.25) is 19.2 Å². The highest BCUT2D eigenvalue weighted by Crippen LogP contribution is 2.43. The number of hydrogen-bond acceptors (Lipinski definition) is 6. The molecule has 30 heavy (non-hydrogen) atoms. The van der Waals surface area contributed by atoms with Gasteiger partial charge in [-0.15, -0.1) is 0 Å². The molecule has 1 fully saturated rings. The topological polar surface area (TPSA) is 101 Å². The Morgan fingerprint density at radius 3 is 2.33 bits per heavy atom. The summed E-state index contributed by atoms with van der Waals surface area (Å²) in [7, 11) is 0. The number of carbonyl (C=O) groups excluding carboxylic acids is 3. The van der Waals surface area contributed by atoms with Crippen LogP contribution in [0.25, 0.3) is 0 Å². The lowest BCUT2D eigenvalue weighted by molar-refractivity contribution is -0.156. The molecule has 0 aliphatic carbocycles. The van der Waals surface area contributed by atoms with E-state index in [1.807, 2.05) is 0 Å². The second-order valence-electron chi connectivity index (χ2n) is 7.29. The SMILES string of the molecule is CCOC(=O)C1C(C(=O)O)C2C(=O)C=CC1N2C(C)=C(C)C(=O)c1ccc(Br)cc1. The number of halogens is 1. The van der Waals surface area contributed by atoms with Crippen molar-refractivity contribution >= 4 is 39.4 Å². The number of hydrogen-bond donors (Lipinski definition) is 1. The number of Topliss-reactive ketones (excluding diaryl/α,β-unsaturated/α-hetero) is 1. The zero-order chi connectivity index (χ0) is 22.2. The molecule has 3 rings (SSSR count). The second kappa shape index (κ2) is 8.55. The van der Waals surface area contributed by atoms with Crippen molar-refractivity contribution in [1.29, 1.82) is 0 Å². The Kier molecular flexibility index (Phi) is 6.26. The van der Waals surface area contributed by atoms with E-state index in [0.29, 0.717) is 16.8 Å². The maximum Gasteiger partial charge on any atom is 0.312 e. The van der Waals surface area contributed by atoms with Gasteiger partial charge in [-0.25, -0.2) is 0 Å². The van der Waals surface area contributed by atoms with Gasteiger partial charge in [-0.1, -0.05) is 22.0 Å². The highest BCUT2D eigenvalue weighted by atomic mass is 79.9. The maximum atomic E-state index is 13.0. The van der Waals surface area contributed by atoms with Crippen molar-refractivity contribution in [3.8, 4) is 0 Å². The molecule has 7 nitrogen and oxygen atoms in total. The van der Waals surface area contributed by atoms with Crippen molar-refractivity contribution in [2.24, 2.45) is 11.8 Å². The number of nitrogens with zero attached hydrogens (tertiary/aromatic N) is 1. The zero-order valence-corrected chi connectivity index (χ0v) is 18.4. The smallest absolute Gasteiger partial charge is 0.312 e. The summed E-state index contributed by atoms with van der Waals surface area (Å²) in [5.41, 5.74) is 1.32. The predicted octanol–water partition coefficient (Wildman–Crippen LogP) is 3.00. The van der Waals surface area contributed by atoms with Gasteiger partial charge in [-0.05, 0) is 51.1 Å². The Hall–Kier alpha value is -2.74.